The van der Waals surface area contributed by atoms with Crippen molar-refractivity contribution in [2.24, 2.45) is 0 Å². The van der Waals surface area contributed by atoms with Gasteiger partial charge < -0.3 is 10.1 Å². The SMILES string of the molecule is CCC1CCN(CC2CN3CCCC3CO2)CCN1. The summed E-state index contributed by atoms with van der Waals surface area (Å²) in [7, 11) is 0. The maximum atomic E-state index is 6.08. The van der Waals surface area contributed by atoms with E-state index in [2.05, 4.69) is 22.0 Å². The van der Waals surface area contributed by atoms with Crippen LogP contribution in [0, 0.1) is 0 Å². The summed E-state index contributed by atoms with van der Waals surface area (Å²) in [5.41, 5.74) is 0. The van der Waals surface area contributed by atoms with Gasteiger partial charge in [0.15, 0.2) is 0 Å². The molecule has 4 heteroatoms. The molecule has 0 aromatic rings. The van der Waals surface area contributed by atoms with E-state index in [1.165, 1.54) is 45.3 Å². The first kappa shape index (κ1) is 13.8. The Bertz CT molecular complexity index is 287. The van der Waals surface area contributed by atoms with Crippen molar-refractivity contribution in [1.82, 2.24) is 15.1 Å². The highest BCUT2D eigenvalue weighted by atomic mass is 16.5. The highest BCUT2D eigenvalue weighted by Crippen LogP contribution is 2.23. The summed E-state index contributed by atoms with van der Waals surface area (Å²) >= 11 is 0. The van der Waals surface area contributed by atoms with E-state index < -0.39 is 0 Å². The fourth-order valence-corrected chi connectivity index (χ4v) is 3.79. The van der Waals surface area contributed by atoms with E-state index in [1.807, 2.05) is 0 Å². The molecule has 3 aliphatic rings. The molecule has 110 valence electrons. The summed E-state index contributed by atoms with van der Waals surface area (Å²) < 4.78 is 6.08. The van der Waals surface area contributed by atoms with Crippen molar-refractivity contribution in [3.05, 3.63) is 0 Å². The highest BCUT2D eigenvalue weighted by molar-refractivity contribution is 4.87. The molecule has 1 N–H and O–H groups in total. The molecule has 0 aliphatic carbocycles. The van der Waals surface area contributed by atoms with Gasteiger partial charge in [0, 0.05) is 38.3 Å². The third-order valence-corrected chi connectivity index (χ3v) is 5.07. The van der Waals surface area contributed by atoms with Crippen molar-refractivity contribution in [2.75, 3.05) is 45.9 Å². The maximum absolute atomic E-state index is 6.08. The Labute approximate surface area is 117 Å². The lowest BCUT2D eigenvalue weighted by atomic mass is 10.1. The topological polar surface area (TPSA) is 27.7 Å². The summed E-state index contributed by atoms with van der Waals surface area (Å²) in [6.07, 6.45) is 5.69. The minimum Gasteiger partial charge on any atom is -0.374 e. The zero-order chi connectivity index (χ0) is 13.1. The molecule has 3 atom stereocenters. The van der Waals surface area contributed by atoms with Crippen LogP contribution in [0.5, 0.6) is 0 Å². The van der Waals surface area contributed by atoms with E-state index in [4.69, 9.17) is 4.74 Å². The third kappa shape index (κ3) is 3.48. The van der Waals surface area contributed by atoms with E-state index in [0.29, 0.717) is 6.10 Å². The standard InChI is InChI=1S/C15H29N3O/c1-2-13-5-8-17(9-6-16-13)10-15-11-18-7-3-4-14(18)12-19-15/h13-16H,2-12H2,1H3. The van der Waals surface area contributed by atoms with Crippen LogP contribution >= 0.6 is 0 Å². The quantitative estimate of drug-likeness (QED) is 0.823. The first-order valence-electron chi connectivity index (χ1n) is 8.16. The number of morpholine rings is 1. The molecule has 0 aromatic heterocycles. The van der Waals surface area contributed by atoms with Gasteiger partial charge in [0.25, 0.3) is 0 Å². The average Bonchev–Trinajstić information content (AvgIpc) is 2.77. The predicted molar refractivity (Wildman–Crippen MR) is 77.5 cm³/mol. The van der Waals surface area contributed by atoms with Crippen molar-refractivity contribution in [3.63, 3.8) is 0 Å². The summed E-state index contributed by atoms with van der Waals surface area (Å²) in [5, 5.41) is 3.64. The molecule has 0 saturated carbocycles. The lowest BCUT2D eigenvalue weighted by molar-refractivity contribution is -0.0605. The fourth-order valence-electron chi connectivity index (χ4n) is 3.79. The summed E-state index contributed by atoms with van der Waals surface area (Å²) in [6, 6.07) is 1.45. The maximum Gasteiger partial charge on any atom is 0.0829 e. The number of ether oxygens (including phenoxy) is 1. The van der Waals surface area contributed by atoms with Crippen molar-refractivity contribution in [1.29, 1.82) is 0 Å². The van der Waals surface area contributed by atoms with Gasteiger partial charge in [-0.2, -0.15) is 0 Å². The van der Waals surface area contributed by atoms with Crippen molar-refractivity contribution < 1.29 is 4.74 Å². The Morgan fingerprint density at radius 2 is 2.16 bits per heavy atom. The fraction of sp³-hybridized carbons (Fsp3) is 1.00. The molecule has 0 amide bonds. The van der Waals surface area contributed by atoms with Gasteiger partial charge >= 0.3 is 0 Å². The number of hydrogen-bond acceptors (Lipinski definition) is 4. The number of hydrogen-bond donors (Lipinski definition) is 1. The minimum atomic E-state index is 0.438. The Morgan fingerprint density at radius 3 is 3.05 bits per heavy atom. The van der Waals surface area contributed by atoms with Crippen LogP contribution < -0.4 is 5.32 Å². The highest BCUT2D eigenvalue weighted by Gasteiger charge is 2.33. The zero-order valence-corrected chi connectivity index (χ0v) is 12.3. The van der Waals surface area contributed by atoms with Crippen molar-refractivity contribution in [2.45, 2.75) is 50.8 Å². The van der Waals surface area contributed by atoms with Crippen LogP contribution in [0.15, 0.2) is 0 Å². The molecule has 3 saturated heterocycles. The molecule has 0 spiro atoms. The van der Waals surface area contributed by atoms with Crippen LogP contribution in [0.25, 0.3) is 0 Å². The third-order valence-electron chi connectivity index (χ3n) is 5.07. The van der Waals surface area contributed by atoms with Gasteiger partial charge in [-0.1, -0.05) is 6.92 Å². The van der Waals surface area contributed by atoms with E-state index in [0.717, 1.165) is 38.3 Å². The second-order valence-corrected chi connectivity index (χ2v) is 6.39. The lowest BCUT2D eigenvalue weighted by Gasteiger charge is -2.37. The number of fused-ring (bicyclic) bond motifs is 1. The van der Waals surface area contributed by atoms with Gasteiger partial charge in [-0.15, -0.1) is 0 Å². The van der Waals surface area contributed by atoms with Crippen LogP contribution in [0.1, 0.15) is 32.6 Å². The molecule has 4 nitrogen and oxygen atoms in total. The van der Waals surface area contributed by atoms with Gasteiger partial charge in [0.05, 0.1) is 12.7 Å². The van der Waals surface area contributed by atoms with Crippen LogP contribution in [-0.4, -0.2) is 73.9 Å². The Kier molecular flexibility index (Phi) is 4.74. The predicted octanol–water partition coefficient (Wildman–Crippen LogP) is 0.924. The molecule has 0 radical (unpaired) electrons. The Hall–Kier alpha value is -0.160. The molecular formula is C15H29N3O. The second kappa shape index (κ2) is 6.53. The van der Waals surface area contributed by atoms with Crippen molar-refractivity contribution >= 4 is 0 Å². The Morgan fingerprint density at radius 1 is 1.21 bits per heavy atom. The van der Waals surface area contributed by atoms with Crippen LogP contribution in [-0.2, 0) is 4.74 Å². The van der Waals surface area contributed by atoms with Crippen LogP contribution in [0.3, 0.4) is 0 Å². The van der Waals surface area contributed by atoms with Gasteiger partial charge in [-0.05, 0) is 38.8 Å². The monoisotopic (exact) mass is 267 g/mol. The summed E-state index contributed by atoms with van der Waals surface area (Å²) in [5.74, 6) is 0. The molecule has 3 aliphatic heterocycles. The van der Waals surface area contributed by atoms with E-state index in [-0.39, 0.29) is 0 Å². The average molecular weight is 267 g/mol. The summed E-state index contributed by atoms with van der Waals surface area (Å²) in [6.45, 7) is 10.4. The normalized spacial score (nSPS) is 38.1. The van der Waals surface area contributed by atoms with Gasteiger partial charge in [0.1, 0.15) is 0 Å². The van der Waals surface area contributed by atoms with E-state index in [1.54, 1.807) is 0 Å². The lowest BCUT2D eigenvalue weighted by Crippen LogP contribution is -2.50. The number of nitrogens with one attached hydrogen (secondary N) is 1. The summed E-state index contributed by atoms with van der Waals surface area (Å²) in [4.78, 5) is 5.25. The minimum absolute atomic E-state index is 0.438. The van der Waals surface area contributed by atoms with E-state index >= 15 is 0 Å². The van der Waals surface area contributed by atoms with Crippen LogP contribution in [0.4, 0.5) is 0 Å². The second-order valence-electron chi connectivity index (χ2n) is 6.39. The zero-order valence-electron chi connectivity index (χ0n) is 12.3. The molecule has 3 heterocycles. The van der Waals surface area contributed by atoms with Crippen molar-refractivity contribution in [3.8, 4) is 0 Å². The molecule has 3 unspecified atom stereocenters. The van der Waals surface area contributed by atoms with E-state index in [9.17, 15) is 0 Å². The molecule has 0 bridgehead atoms. The first-order chi connectivity index (χ1) is 9.35. The van der Waals surface area contributed by atoms with Gasteiger partial charge in [-0.3, -0.25) is 9.80 Å². The molecule has 3 fully saturated rings. The molecule has 19 heavy (non-hydrogen) atoms. The van der Waals surface area contributed by atoms with Crippen LogP contribution in [0.2, 0.25) is 0 Å². The number of rotatable bonds is 3. The first-order valence-corrected chi connectivity index (χ1v) is 8.16. The molecular weight excluding hydrogens is 238 g/mol. The molecule has 0 aromatic carbocycles. The van der Waals surface area contributed by atoms with Gasteiger partial charge in [0.2, 0.25) is 0 Å². The van der Waals surface area contributed by atoms with Gasteiger partial charge in [-0.25, -0.2) is 0 Å². The number of nitrogens with zero attached hydrogens (tertiary/aromatic N) is 2. The smallest absolute Gasteiger partial charge is 0.0829 e. The Balaban J connectivity index is 1.46. The molecule has 3 rings (SSSR count). The largest absolute Gasteiger partial charge is 0.374 e.